The highest BCUT2D eigenvalue weighted by atomic mass is 32.3. The van der Waals surface area contributed by atoms with E-state index in [1.165, 1.54) is 12.1 Å². The van der Waals surface area contributed by atoms with E-state index >= 15 is 0 Å². The van der Waals surface area contributed by atoms with Gasteiger partial charge in [0.15, 0.2) is 0 Å². The Morgan fingerprint density at radius 1 is 1.11 bits per heavy atom. The fraction of sp³-hybridized carbons (Fsp3) is 0.143. The van der Waals surface area contributed by atoms with E-state index in [1.807, 2.05) is 30.3 Å². The Morgan fingerprint density at radius 3 is 2.58 bits per heavy atom. The van der Waals surface area contributed by atoms with Gasteiger partial charge in [-0.15, -0.1) is 11.8 Å². The fourth-order valence-corrected chi connectivity index (χ4v) is 5.77. The second-order valence-electron chi connectivity index (χ2n) is 4.44. The lowest BCUT2D eigenvalue weighted by atomic mass is 10.2. The van der Waals surface area contributed by atoms with Gasteiger partial charge in [0.25, 0.3) is 0 Å². The molecule has 1 atom stereocenters. The van der Waals surface area contributed by atoms with Crippen molar-refractivity contribution in [3.63, 3.8) is 0 Å². The molecule has 100 valence electrons. The minimum atomic E-state index is -2.86. The number of halogens is 1. The van der Waals surface area contributed by atoms with Gasteiger partial charge >= 0.3 is 0 Å². The lowest BCUT2D eigenvalue weighted by Crippen LogP contribution is -1.98. The topological polar surface area (TPSA) is 40.5 Å². The standard InChI is InChI=1S/C14H13FO2S2/c15-10-6-7-12-13(9-19(16,17)14(12)8-10)18-11-4-2-1-3-5-11/h1-8,13,16-17H,9H2. The van der Waals surface area contributed by atoms with Gasteiger partial charge in [0, 0.05) is 4.90 Å². The van der Waals surface area contributed by atoms with Crippen LogP contribution in [0.1, 0.15) is 10.8 Å². The van der Waals surface area contributed by atoms with Crippen LogP contribution in [0, 0.1) is 5.82 Å². The van der Waals surface area contributed by atoms with Crippen LogP contribution in [-0.2, 0) is 0 Å². The van der Waals surface area contributed by atoms with E-state index < -0.39 is 16.4 Å². The van der Waals surface area contributed by atoms with Crippen LogP contribution in [0.2, 0.25) is 0 Å². The molecule has 1 aliphatic heterocycles. The Balaban J connectivity index is 1.95. The molecule has 0 saturated carbocycles. The van der Waals surface area contributed by atoms with Crippen molar-refractivity contribution < 1.29 is 13.5 Å². The van der Waals surface area contributed by atoms with Crippen molar-refractivity contribution in [1.29, 1.82) is 0 Å². The van der Waals surface area contributed by atoms with Gasteiger partial charge in [-0.1, -0.05) is 24.3 Å². The van der Waals surface area contributed by atoms with Gasteiger partial charge < -0.3 is 0 Å². The molecule has 1 aliphatic rings. The molecule has 2 aromatic rings. The lowest BCUT2D eigenvalue weighted by molar-refractivity contribution is 0.491. The van der Waals surface area contributed by atoms with Gasteiger partial charge in [0.2, 0.25) is 0 Å². The second kappa shape index (κ2) is 4.83. The third-order valence-electron chi connectivity index (χ3n) is 3.08. The number of hydrogen-bond acceptors (Lipinski definition) is 3. The molecule has 2 N–H and O–H groups in total. The van der Waals surface area contributed by atoms with E-state index in [0.717, 1.165) is 10.5 Å². The van der Waals surface area contributed by atoms with Crippen molar-refractivity contribution in [3.05, 3.63) is 59.9 Å². The number of hydrogen-bond donors (Lipinski definition) is 2. The normalized spacial score (nSPS) is 21.9. The molecule has 3 rings (SSSR count). The fourth-order valence-electron chi connectivity index (χ4n) is 2.21. The van der Waals surface area contributed by atoms with E-state index in [0.29, 0.717) is 4.90 Å². The van der Waals surface area contributed by atoms with Gasteiger partial charge in [-0.2, -0.15) is 10.6 Å². The first kappa shape index (κ1) is 13.0. The van der Waals surface area contributed by atoms with Crippen molar-refractivity contribution >= 4 is 22.4 Å². The first-order chi connectivity index (χ1) is 9.06. The zero-order valence-corrected chi connectivity index (χ0v) is 11.6. The highest BCUT2D eigenvalue weighted by molar-refractivity contribution is 8.25. The summed E-state index contributed by atoms with van der Waals surface area (Å²) in [6.07, 6.45) is 0. The van der Waals surface area contributed by atoms with Crippen LogP contribution in [0.4, 0.5) is 4.39 Å². The molecular weight excluding hydrogens is 283 g/mol. The maximum Gasteiger partial charge on any atom is 0.125 e. The van der Waals surface area contributed by atoms with Crippen molar-refractivity contribution in [2.45, 2.75) is 15.0 Å². The molecule has 5 heteroatoms. The molecule has 19 heavy (non-hydrogen) atoms. The molecular formula is C14H13FO2S2. The van der Waals surface area contributed by atoms with Crippen LogP contribution in [0.5, 0.6) is 0 Å². The predicted octanol–water partition coefficient (Wildman–Crippen LogP) is 4.78. The zero-order valence-electron chi connectivity index (χ0n) is 9.99. The summed E-state index contributed by atoms with van der Waals surface area (Å²) >= 11 is 1.58. The van der Waals surface area contributed by atoms with Crippen molar-refractivity contribution in [1.82, 2.24) is 0 Å². The first-order valence-corrected chi connectivity index (χ1v) is 8.43. The number of rotatable bonds is 2. The van der Waals surface area contributed by atoms with Crippen LogP contribution >= 0.6 is 22.4 Å². The van der Waals surface area contributed by atoms with E-state index in [-0.39, 0.29) is 11.0 Å². The molecule has 1 unspecified atom stereocenters. The number of fused-ring (bicyclic) bond motifs is 1. The SMILES string of the molecule is OS1(O)CC(Sc2ccccc2)c2ccc(F)cc21. The zero-order chi connectivity index (χ0) is 13.5. The van der Waals surface area contributed by atoms with Crippen molar-refractivity contribution in [3.8, 4) is 0 Å². The summed E-state index contributed by atoms with van der Waals surface area (Å²) in [6.45, 7) is 0. The summed E-state index contributed by atoms with van der Waals surface area (Å²) in [5.41, 5.74) is 0.829. The van der Waals surface area contributed by atoms with Crippen LogP contribution in [0.3, 0.4) is 0 Å². The monoisotopic (exact) mass is 296 g/mol. The number of benzene rings is 2. The smallest absolute Gasteiger partial charge is 0.125 e. The molecule has 2 aromatic carbocycles. The molecule has 0 aliphatic carbocycles. The van der Waals surface area contributed by atoms with Gasteiger partial charge in [-0.05, 0) is 29.8 Å². The third kappa shape index (κ3) is 2.51. The first-order valence-electron chi connectivity index (χ1n) is 5.83. The maximum absolute atomic E-state index is 13.2. The van der Waals surface area contributed by atoms with Gasteiger partial charge in [-0.25, -0.2) is 4.39 Å². The Hall–Kier alpha value is -1.01. The molecule has 0 saturated heterocycles. The van der Waals surface area contributed by atoms with Crippen molar-refractivity contribution in [2.75, 3.05) is 5.75 Å². The highest BCUT2D eigenvalue weighted by Crippen LogP contribution is 2.62. The van der Waals surface area contributed by atoms with E-state index in [4.69, 9.17) is 0 Å². The van der Waals surface area contributed by atoms with Crippen LogP contribution in [0.15, 0.2) is 58.3 Å². The Kier molecular flexibility index (Phi) is 3.30. The molecule has 0 fully saturated rings. The summed E-state index contributed by atoms with van der Waals surface area (Å²) in [5.74, 6) is -0.171. The van der Waals surface area contributed by atoms with Gasteiger partial charge in [0.1, 0.15) is 5.82 Å². The molecule has 0 spiro atoms. The average Bonchev–Trinajstić information content (AvgIpc) is 2.62. The van der Waals surface area contributed by atoms with Crippen LogP contribution < -0.4 is 0 Å². The van der Waals surface area contributed by atoms with Crippen molar-refractivity contribution in [2.24, 2.45) is 0 Å². The minimum absolute atomic E-state index is 0.0389. The summed E-state index contributed by atoms with van der Waals surface area (Å²) in [6, 6.07) is 14.1. The highest BCUT2D eigenvalue weighted by Gasteiger charge is 2.35. The Labute approximate surface area is 117 Å². The quantitative estimate of drug-likeness (QED) is 0.837. The number of thioether (sulfide) groups is 1. The van der Waals surface area contributed by atoms with E-state index in [2.05, 4.69) is 0 Å². The van der Waals surface area contributed by atoms with Gasteiger partial charge in [0.05, 0.1) is 15.9 Å². The van der Waals surface area contributed by atoms with E-state index in [1.54, 1.807) is 17.8 Å². The minimum Gasteiger partial charge on any atom is -0.295 e. The molecule has 0 amide bonds. The molecule has 2 nitrogen and oxygen atoms in total. The molecule has 0 radical (unpaired) electrons. The third-order valence-corrected chi connectivity index (χ3v) is 6.40. The average molecular weight is 296 g/mol. The Morgan fingerprint density at radius 2 is 1.84 bits per heavy atom. The van der Waals surface area contributed by atoms with Crippen LogP contribution in [-0.4, -0.2) is 14.9 Å². The van der Waals surface area contributed by atoms with Crippen LogP contribution in [0.25, 0.3) is 0 Å². The summed E-state index contributed by atoms with van der Waals surface area (Å²) in [5, 5.41) is -0.0389. The Bertz CT molecular complexity index is 602. The second-order valence-corrected chi connectivity index (χ2v) is 7.82. The lowest BCUT2D eigenvalue weighted by Gasteiger charge is -2.27. The van der Waals surface area contributed by atoms with Gasteiger partial charge in [-0.3, -0.25) is 9.11 Å². The maximum atomic E-state index is 13.2. The molecule has 0 aromatic heterocycles. The summed E-state index contributed by atoms with van der Waals surface area (Å²) in [7, 11) is -2.86. The predicted molar refractivity (Wildman–Crippen MR) is 77.4 cm³/mol. The summed E-state index contributed by atoms with van der Waals surface area (Å²) in [4.78, 5) is 1.43. The largest absolute Gasteiger partial charge is 0.295 e. The summed E-state index contributed by atoms with van der Waals surface area (Å²) < 4.78 is 33.4. The molecule has 0 bridgehead atoms. The van der Waals surface area contributed by atoms with E-state index in [9.17, 15) is 13.5 Å². The molecule has 1 heterocycles.